The summed E-state index contributed by atoms with van der Waals surface area (Å²) in [4.78, 5) is 12.1. The van der Waals surface area contributed by atoms with E-state index in [1.807, 2.05) is 0 Å². The topological polar surface area (TPSA) is 92.5 Å². The van der Waals surface area contributed by atoms with E-state index in [1.54, 1.807) is 24.3 Å². The first-order chi connectivity index (χ1) is 10.9. The third-order valence-electron chi connectivity index (χ3n) is 3.57. The van der Waals surface area contributed by atoms with Crippen LogP contribution in [0.15, 0.2) is 29.2 Å². The second kappa shape index (κ2) is 11.4. The number of sulfonamides is 1. The summed E-state index contributed by atoms with van der Waals surface area (Å²) in [5, 5.41) is 2.79. The fraction of sp³-hybridized carbons (Fsp3) is 0.562. The van der Waals surface area contributed by atoms with Gasteiger partial charge in [0.25, 0.3) is 0 Å². The molecular weight excluding hydrogens is 350 g/mol. The lowest BCUT2D eigenvalue weighted by atomic mass is 10.1. The van der Waals surface area contributed by atoms with Gasteiger partial charge in [-0.3, -0.25) is 4.79 Å². The number of unbranched alkanes of at least 4 members (excludes halogenated alkanes) is 3. The monoisotopic (exact) mass is 377 g/mol. The Morgan fingerprint density at radius 3 is 2.38 bits per heavy atom. The number of amides is 1. The van der Waals surface area contributed by atoms with Crippen molar-refractivity contribution in [2.24, 2.45) is 5.73 Å². The molecule has 138 valence electrons. The molecule has 3 N–H and O–H groups in total. The van der Waals surface area contributed by atoms with E-state index in [9.17, 15) is 13.2 Å². The van der Waals surface area contributed by atoms with Gasteiger partial charge in [-0.05, 0) is 31.0 Å². The summed E-state index contributed by atoms with van der Waals surface area (Å²) in [6.45, 7) is 0.897. The zero-order chi connectivity index (χ0) is 17.3. The average Bonchev–Trinajstić information content (AvgIpc) is 2.52. The Morgan fingerprint density at radius 1 is 1.12 bits per heavy atom. The van der Waals surface area contributed by atoms with Gasteiger partial charge in [0.1, 0.15) is 0 Å². The molecule has 1 aromatic rings. The zero-order valence-corrected chi connectivity index (χ0v) is 16.0. The van der Waals surface area contributed by atoms with Gasteiger partial charge in [0, 0.05) is 27.1 Å². The van der Waals surface area contributed by atoms with Crippen molar-refractivity contribution in [2.45, 2.75) is 43.5 Å². The average molecular weight is 378 g/mol. The van der Waals surface area contributed by atoms with Crippen molar-refractivity contribution in [3.8, 4) is 0 Å². The van der Waals surface area contributed by atoms with E-state index in [1.165, 1.54) is 18.4 Å². The van der Waals surface area contributed by atoms with Crippen molar-refractivity contribution in [3.63, 3.8) is 0 Å². The van der Waals surface area contributed by atoms with Gasteiger partial charge in [-0.2, -0.15) is 0 Å². The molecule has 1 aromatic carbocycles. The van der Waals surface area contributed by atoms with Gasteiger partial charge in [-0.15, -0.1) is 12.4 Å². The van der Waals surface area contributed by atoms with Crippen molar-refractivity contribution in [2.75, 3.05) is 20.6 Å². The van der Waals surface area contributed by atoms with Crippen molar-refractivity contribution >= 4 is 28.3 Å². The standard InChI is InChI=1S/C16H27N3O3S.ClH/c1-19(2)23(21,22)15-10-7-6-9-14(15)13-18-16(20)11-5-3-4-8-12-17;/h6-7,9-10H,3-5,8,11-13,17H2,1-2H3,(H,18,20);1H. The van der Waals surface area contributed by atoms with Crippen molar-refractivity contribution in [1.29, 1.82) is 0 Å². The maximum Gasteiger partial charge on any atom is 0.242 e. The molecule has 0 aromatic heterocycles. The SMILES string of the molecule is CN(C)S(=O)(=O)c1ccccc1CNC(=O)CCCCCCN.Cl. The number of hydrogen-bond acceptors (Lipinski definition) is 4. The summed E-state index contributed by atoms with van der Waals surface area (Å²) in [7, 11) is -0.528. The minimum Gasteiger partial charge on any atom is -0.352 e. The number of hydrogen-bond donors (Lipinski definition) is 2. The highest BCUT2D eigenvalue weighted by molar-refractivity contribution is 7.89. The number of nitrogens with two attached hydrogens (primary N) is 1. The highest BCUT2D eigenvalue weighted by Crippen LogP contribution is 2.18. The van der Waals surface area contributed by atoms with Crippen LogP contribution in [0.2, 0.25) is 0 Å². The van der Waals surface area contributed by atoms with E-state index in [0.29, 0.717) is 18.5 Å². The van der Waals surface area contributed by atoms with Crippen LogP contribution < -0.4 is 11.1 Å². The smallest absolute Gasteiger partial charge is 0.242 e. The molecule has 8 heteroatoms. The second-order valence-electron chi connectivity index (χ2n) is 5.62. The second-order valence-corrected chi connectivity index (χ2v) is 7.75. The van der Waals surface area contributed by atoms with Gasteiger partial charge < -0.3 is 11.1 Å². The fourth-order valence-corrected chi connectivity index (χ4v) is 3.28. The molecular formula is C16H28ClN3O3S. The predicted molar refractivity (Wildman–Crippen MR) is 98.5 cm³/mol. The summed E-state index contributed by atoms with van der Waals surface area (Å²) < 4.78 is 25.7. The van der Waals surface area contributed by atoms with Crippen LogP contribution in [0.3, 0.4) is 0 Å². The Labute approximate surface area is 151 Å². The van der Waals surface area contributed by atoms with E-state index < -0.39 is 10.0 Å². The lowest BCUT2D eigenvalue weighted by molar-refractivity contribution is -0.121. The van der Waals surface area contributed by atoms with Gasteiger partial charge in [0.2, 0.25) is 15.9 Å². The van der Waals surface area contributed by atoms with Crippen LogP contribution in [-0.2, 0) is 21.4 Å². The molecule has 1 amide bonds. The first-order valence-electron chi connectivity index (χ1n) is 7.86. The van der Waals surface area contributed by atoms with Crippen molar-refractivity contribution in [1.82, 2.24) is 9.62 Å². The molecule has 0 radical (unpaired) electrons. The number of halogens is 1. The number of carbonyl (C=O) groups excluding carboxylic acids is 1. The largest absolute Gasteiger partial charge is 0.352 e. The van der Waals surface area contributed by atoms with Crippen LogP contribution in [0.5, 0.6) is 0 Å². The van der Waals surface area contributed by atoms with Gasteiger partial charge in [-0.1, -0.05) is 31.0 Å². The quantitative estimate of drug-likeness (QED) is 0.609. The molecule has 24 heavy (non-hydrogen) atoms. The molecule has 0 spiro atoms. The molecule has 6 nitrogen and oxygen atoms in total. The Balaban J connectivity index is 0.00000529. The molecule has 0 unspecified atom stereocenters. The van der Waals surface area contributed by atoms with Crippen LogP contribution in [0.25, 0.3) is 0 Å². The van der Waals surface area contributed by atoms with E-state index in [0.717, 1.165) is 25.7 Å². The minimum absolute atomic E-state index is 0. The van der Waals surface area contributed by atoms with Gasteiger partial charge in [-0.25, -0.2) is 12.7 Å². The number of benzene rings is 1. The zero-order valence-electron chi connectivity index (χ0n) is 14.3. The summed E-state index contributed by atoms with van der Waals surface area (Å²) in [6.07, 6.45) is 4.28. The highest BCUT2D eigenvalue weighted by Gasteiger charge is 2.20. The summed E-state index contributed by atoms with van der Waals surface area (Å²) in [5.41, 5.74) is 6.02. The van der Waals surface area contributed by atoms with Crippen LogP contribution in [0.4, 0.5) is 0 Å². The molecule has 0 aliphatic carbocycles. The molecule has 0 aliphatic heterocycles. The third-order valence-corrected chi connectivity index (χ3v) is 5.48. The molecule has 0 fully saturated rings. The summed E-state index contributed by atoms with van der Waals surface area (Å²) in [5.74, 6) is -0.0604. The molecule has 0 bridgehead atoms. The molecule has 0 aliphatic rings. The predicted octanol–water partition coefficient (Wildman–Crippen LogP) is 1.88. The lowest BCUT2D eigenvalue weighted by Gasteiger charge is -2.15. The Hall–Kier alpha value is -1.15. The first kappa shape index (κ1) is 22.9. The van der Waals surface area contributed by atoms with E-state index in [-0.39, 0.29) is 29.8 Å². The number of nitrogens with zero attached hydrogens (tertiary/aromatic N) is 1. The molecule has 0 saturated heterocycles. The van der Waals surface area contributed by atoms with Crippen LogP contribution in [0, 0.1) is 0 Å². The summed E-state index contributed by atoms with van der Waals surface area (Å²) in [6, 6.07) is 6.73. The van der Waals surface area contributed by atoms with E-state index in [4.69, 9.17) is 5.73 Å². The van der Waals surface area contributed by atoms with Gasteiger partial charge in [0.15, 0.2) is 0 Å². The van der Waals surface area contributed by atoms with Gasteiger partial charge in [0.05, 0.1) is 4.90 Å². The normalized spacial score (nSPS) is 11.2. The third kappa shape index (κ3) is 7.17. The van der Waals surface area contributed by atoms with E-state index >= 15 is 0 Å². The Kier molecular flexibility index (Phi) is 10.9. The molecule has 0 heterocycles. The van der Waals surface area contributed by atoms with Crippen molar-refractivity contribution < 1.29 is 13.2 Å². The van der Waals surface area contributed by atoms with Crippen LogP contribution >= 0.6 is 12.4 Å². The van der Waals surface area contributed by atoms with Crippen LogP contribution in [0.1, 0.15) is 37.7 Å². The first-order valence-corrected chi connectivity index (χ1v) is 9.30. The van der Waals surface area contributed by atoms with Gasteiger partial charge >= 0.3 is 0 Å². The van der Waals surface area contributed by atoms with Crippen molar-refractivity contribution in [3.05, 3.63) is 29.8 Å². The number of rotatable bonds is 10. The number of nitrogens with one attached hydrogen (secondary N) is 1. The van der Waals surface area contributed by atoms with E-state index in [2.05, 4.69) is 5.32 Å². The Morgan fingerprint density at radius 2 is 1.75 bits per heavy atom. The Bertz CT molecular complexity index is 606. The maximum absolute atomic E-state index is 12.3. The minimum atomic E-state index is -3.51. The molecule has 0 atom stereocenters. The fourth-order valence-electron chi connectivity index (χ4n) is 2.16. The van der Waals surface area contributed by atoms with Crippen LogP contribution in [-0.4, -0.2) is 39.3 Å². The number of carbonyl (C=O) groups is 1. The maximum atomic E-state index is 12.3. The summed E-state index contributed by atoms with van der Waals surface area (Å²) >= 11 is 0. The lowest BCUT2D eigenvalue weighted by Crippen LogP contribution is -2.26. The molecule has 1 rings (SSSR count). The molecule has 0 saturated carbocycles. The highest BCUT2D eigenvalue weighted by atomic mass is 35.5.